The van der Waals surface area contributed by atoms with Crippen LogP contribution >= 0.6 is 11.6 Å². The number of aryl methyl sites for hydroxylation is 1. The first kappa shape index (κ1) is 17.6. The maximum Gasteiger partial charge on any atom is 0.138 e. The maximum absolute atomic E-state index is 9.13. The van der Waals surface area contributed by atoms with Crippen molar-refractivity contribution in [1.82, 2.24) is 5.32 Å². The molecule has 0 unspecified atom stereocenters. The van der Waals surface area contributed by atoms with Gasteiger partial charge in [-0.15, -0.1) is 0 Å². The molecular formula is C18H28ClNO2. The fourth-order valence-corrected chi connectivity index (χ4v) is 3.17. The molecule has 1 aromatic carbocycles. The zero-order chi connectivity index (χ0) is 15.8. The van der Waals surface area contributed by atoms with Crippen LogP contribution in [0, 0.1) is 0 Å². The van der Waals surface area contributed by atoms with Crippen LogP contribution in [-0.4, -0.2) is 30.4 Å². The SMILES string of the molecule is CCCCCCCc1ccc(O[C@H]2CN[C@@H](CO)C2)c(Cl)c1. The fourth-order valence-electron chi connectivity index (χ4n) is 2.92. The standard InChI is InChI=1S/C18H28ClNO2/c1-2-3-4-5-6-7-14-8-9-18(17(19)10-14)22-16-11-15(13-21)20-12-16/h8-10,15-16,20-21H,2-7,11-13H2,1H3/t15-,16-/m1/s1. The molecule has 1 aromatic rings. The zero-order valence-electron chi connectivity index (χ0n) is 13.5. The molecule has 3 nitrogen and oxygen atoms in total. The van der Waals surface area contributed by atoms with Crippen LogP contribution in [0.15, 0.2) is 18.2 Å². The Kier molecular flexibility index (Phi) is 7.50. The first-order valence-electron chi connectivity index (χ1n) is 8.52. The number of aliphatic hydroxyl groups is 1. The molecule has 2 rings (SSSR count). The van der Waals surface area contributed by atoms with E-state index in [4.69, 9.17) is 21.4 Å². The highest BCUT2D eigenvalue weighted by Gasteiger charge is 2.25. The average molecular weight is 326 g/mol. The summed E-state index contributed by atoms with van der Waals surface area (Å²) < 4.78 is 5.95. The predicted molar refractivity (Wildman–Crippen MR) is 91.8 cm³/mol. The molecule has 0 aliphatic carbocycles. The van der Waals surface area contributed by atoms with E-state index in [0.717, 1.165) is 25.1 Å². The van der Waals surface area contributed by atoms with Crippen molar-refractivity contribution in [2.45, 2.75) is 64.0 Å². The minimum absolute atomic E-state index is 0.0922. The lowest BCUT2D eigenvalue weighted by Gasteiger charge is -2.15. The van der Waals surface area contributed by atoms with Crippen LogP contribution in [0.25, 0.3) is 0 Å². The second kappa shape index (κ2) is 9.39. The Morgan fingerprint density at radius 1 is 1.27 bits per heavy atom. The molecule has 22 heavy (non-hydrogen) atoms. The predicted octanol–water partition coefficient (Wildman–Crippen LogP) is 3.95. The van der Waals surface area contributed by atoms with Gasteiger partial charge >= 0.3 is 0 Å². The molecule has 1 aliphatic heterocycles. The molecule has 1 saturated heterocycles. The van der Waals surface area contributed by atoms with Crippen molar-refractivity contribution in [3.05, 3.63) is 28.8 Å². The molecule has 1 heterocycles. The lowest BCUT2D eigenvalue weighted by atomic mass is 10.1. The third kappa shape index (κ3) is 5.45. The molecular weight excluding hydrogens is 298 g/mol. The number of ether oxygens (including phenoxy) is 1. The van der Waals surface area contributed by atoms with Gasteiger partial charge in [0, 0.05) is 19.0 Å². The van der Waals surface area contributed by atoms with Crippen LogP contribution in [-0.2, 0) is 6.42 Å². The number of halogens is 1. The summed E-state index contributed by atoms with van der Waals surface area (Å²) in [6, 6.07) is 6.28. The number of nitrogens with one attached hydrogen (secondary N) is 1. The van der Waals surface area contributed by atoms with E-state index in [1.165, 1.54) is 37.7 Å². The molecule has 0 saturated carbocycles. The summed E-state index contributed by atoms with van der Waals surface area (Å²) in [5, 5.41) is 13.1. The number of aliphatic hydroxyl groups excluding tert-OH is 1. The van der Waals surface area contributed by atoms with Crippen molar-refractivity contribution in [2.24, 2.45) is 0 Å². The Balaban J connectivity index is 1.79. The van der Waals surface area contributed by atoms with Crippen molar-refractivity contribution in [3.63, 3.8) is 0 Å². The van der Waals surface area contributed by atoms with E-state index < -0.39 is 0 Å². The Morgan fingerprint density at radius 2 is 2.09 bits per heavy atom. The van der Waals surface area contributed by atoms with Crippen molar-refractivity contribution < 1.29 is 9.84 Å². The molecule has 0 amide bonds. The van der Waals surface area contributed by atoms with Crippen molar-refractivity contribution in [3.8, 4) is 5.75 Å². The van der Waals surface area contributed by atoms with Crippen LogP contribution in [0.4, 0.5) is 0 Å². The fraction of sp³-hybridized carbons (Fsp3) is 0.667. The molecule has 4 heteroatoms. The van der Waals surface area contributed by atoms with Crippen LogP contribution in [0.1, 0.15) is 51.0 Å². The Bertz CT molecular complexity index is 453. The van der Waals surface area contributed by atoms with E-state index in [0.29, 0.717) is 5.02 Å². The first-order chi connectivity index (χ1) is 10.7. The summed E-state index contributed by atoms with van der Waals surface area (Å²) in [4.78, 5) is 0. The van der Waals surface area contributed by atoms with E-state index in [2.05, 4.69) is 18.3 Å². The van der Waals surface area contributed by atoms with E-state index >= 15 is 0 Å². The van der Waals surface area contributed by atoms with Gasteiger partial charge in [0.15, 0.2) is 0 Å². The van der Waals surface area contributed by atoms with Gasteiger partial charge in [0.25, 0.3) is 0 Å². The summed E-state index contributed by atoms with van der Waals surface area (Å²) in [7, 11) is 0. The summed E-state index contributed by atoms with van der Waals surface area (Å²) in [5.74, 6) is 0.752. The highest BCUT2D eigenvalue weighted by molar-refractivity contribution is 6.32. The number of hydrogen-bond acceptors (Lipinski definition) is 3. The second-order valence-corrected chi connectivity index (χ2v) is 6.60. The smallest absolute Gasteiger partial charge is 0.138 e. The molecule has 0 bridgehead atoms. The van der Waals surface area contributed by atoms with E-state index in [1.54, 1.807) is 0 Å². The summed E-state index contributed by atoms with van der Waals surface area (Å²) in [5.41, 5.74) is 1.28. The normalized spacial score (nSPS) is 21.2. The Hall–Kier alpha value is -0.770. The maximum atomic E-state index is 9.13. The minimum atomic E-state index is 0.0922. The lowest BCUT2D eigenvalue weighted by molar-refractivity contribution is 0.206. The van der Waals surface area contributed by atoms with Crippen LogP contribution in [0.2, 0.25) is 5.02 Å². The number of rotatable bonds is 9. The first-order valence-corrected chi connectivity index (χ1v) is 8.90. The van der Waals surface area contributed by atoms with Crippen molar-refractivity contribution in [2.75, 3.05) is 13.2 Å². The molecule has 2 N–H and O–H groups in total. The molecule has 2 atom stereocenters. The van der Waals surface area contributed by atoms with Gasteiger partial charge in [-0.25, -0.2) is 0 Å². The van der Waals surface area contributed by atoms with Gasteiger partial charge in [-0.1, -0.05) is 50.3 Å². The van der Waals surface area contributed by atoms with Gasteiger partial charge in [-0.2, -0.15) is 0 Å². The third-order valence-corrected chi connectivity index (χ3v) is 4.56. The number of unbranched alkanes of at least 4 members (excludes halogenated alkanes) is 4. The van der Waals surface area contributed by atoms with E-state index in [-0.39, 0.29) is 18.8 Å². The average Bonchev–Trinajstić information content (AvgIpc) is 2.97. The molecule has 0 spiro atoms. The lowest BCUT2D eigenvalue weighted by Crippen LogP contribution is -2.25. The van der Waals surface area contributed by atoms with E-state index in [1.807, 2.05) is 12.1 Å². The highest BCUT2D eigenvalue weighted by Crippen LogP contribution is 2.28. The third-order valence-electron chi connectivity index (χ3n) is 4.26. The van der Waals surface area contributed by atoms with Crippen molar-refractivity contribution >= 4 is 11.6 Å². The summed E-state index contributed by atoms with van der Waals surface area (Å²) in [6.07, 6.45) is 8.46. The van der Waals surface area contributed by atoms with E-state index in [9.17, 15) is 0 Å². The molecule has 124 valence electrons. The summed E-state index contributed by atoms with van der Waals surface area (Å²) in [6.45, 7) is 3.16. The molecule has 1 fully saturated rings. The van der Waals surface area contributed by atoms with Gasteiger partial charge in [0.05, 0.1) is 11.6 Å². The van der Waals surface area contributed by atoms with Gasteiger partial charge in [-0.3, -0.25) is 0 Å². The molecule has 0 aromatic heterocycles. The van der Waals surface area contributed by atoms with Crippen LogP contribution < -0.4 is 10.1 Å². The van der Waals surface area contributed by atoms with Gasteiger partial charge in [0.2, 0.25) is 0 Å². The quantitative estimate of drug-likeness (QED) is 0.675. The van der Waals surface area contributed by atoms with Crippen LogP contribution in [0.5, 0.6) is 5.75 Å². The molecule has 0 radical (unpaired) electrons. The molecule has 1 aliphatic rings. The monoisotopic (exact) mass is 325 g/mol. The number of benzene rings is 1. The second-order valence-electron chi connectivity index (χ2n) is 6.19. The van der Waals surface area contributed by atoms with Gasteiger partial charge in [0.1, 0.15) is 11.9 Å². The minimum Gasteiger partial charge on any atom is -0.487 e. The summed E-state index contributed by atoms with van der Waals surface area (Å²) >= 11 is 6.35. The number of hydrogen-bond donors (Lipinski definition) is 2. The topological polar surface area (TPSA) is 41.5 Å². The zero-order valence-corrected chi connectivity index (χ0v) is 14.2. The highest BCUT2D eigenvalue weighted by atomic mass is 35.5. The van der Waals surface area contributed by atoms with Gasteiger partial charge < -0.3 is 15.2 Å². The van der Waals surface area contributed by atoms with Crippen LogP contribution in [0.3, 0.4) is 0 Å². The van der Waals surface area contributed by atoms with Gasteiger partial charge in [-0.05, 0) is 30.5 Å². The van der Waals surface area contributed by atoms with Crippen molar-refractivity contribution in [1.29, 1.82) is 0 Å². The Labute approximate surface area is 139 Å². The largest absolute Gasteiger partial charge is 0.487 e. The Morgan fingerprint density at radius 3 is 2.77 bits per heavy atom.